The van der Waals surface area contributed by atoms with E-state index in [1.165, 1.54) is 0 Å². The van der Waals surface area contributed by atoms with E-state index >= 15 is 4.79 Å². The molecule has 0 aromatic heterocycles. The lowest BCUT2D eigenvalue weighted by Gasteiger charge is -2.42. The minimum absolute atomic E-state index is 0.0845. The van der Waals surface area contributed by atoms with Crippen LogP contribution in [-0.2, 0) is 25.7 Å². The summed E-state index contributed by atoms with van der Waals surface area (Å²) in [6, 6.07) is 17.6. The number of hydrogen-bond acceptors (Lipinski definition) is 5. The van der Waals surface area contributed by atoms with Crippen LogP contribution in [-0.4, -0.2) is 80.5 Å². The van der Waals surface area contributed by atoms with Gasteiger partial charge in [-0.3, -0.25) is 14.4 Å². The number of fused-ring (bicyclic) bond motifs is 2. The molecule has 8 heteroatoms. The molecule has 2 aromatic carbocycles. The first-order chi connectivity index (χ1) is 21.9. The predicted molar refractivity (Wildman–Crippen MR) is 169 cm³/mol. The lowest BCUT2D eigenvalue weighted by Crippen LogP contribution is -2.58. The molecule has 5 aliphatic rings. The summed E-state index contributed by atoms with van der Waals surface area (Å²) in [6.07, 6.45) is 13.5. The monoisotopic (exact) mass is 609 g/mol. The summed E-state index contributed by atoms with van der Waals surface area (Å²) in [4.78, 5) is 50.0. The van der Waals surface area contributed by atoms with Gasteiger partial charge in [0.1, 0.15) is 11.6 Å². The van der Waals surface area contributed by atoms with Gasteiger partial charge in [-0.15, -0.1) is 0 Å². The number of nitrogens with zero attached hydrogens (tertiary/aromatic N) is 3. The Morgan fingerprint density at radius 2 is 1.53 bits per heavy atom. The number of likely N-dealkylation sites (tertiary alicyclic amines) is 1. The van der Waals surface area contributed by atoms with Crippen LogP contribution in [0.3, 0.4) is 0 Å². The van der Waals surface area contributed by atoms with Crippen LogP contribution in [0.1, 0.15) is 62.6 Å². The highest BCUT2D eigenvalue weighted by Gasteiger charge is 2.76. The molecular weight excluding hydrogens is 566 g/mol. The Kier molecular flexibility index (Phi) is 7.90. The molecule has 4 aliphatic heterocycles. The van der Waals surface area contributed by atoms with E-state index in [2.05, 4.69) is 0 Å². The minimum atomic E-state index is -1.35. The van der Waals surface area contributed by atoms with Crippen molar-refractivity contribution in [2.75, 3.05) is 19.7 Å². The number of rotatable bonds is 7. The van der Waals surface area contributed by atoms with Crippen molar-refractivity contribution in [3.05, 3.63) is 96.1 Å². The van der Waals surface area contributed by atoms with Gasteiger partial charge in [-0.2, -0.15) is 0 Å². The Labute approximate surface area is 265 Å². The zero-order valence-corrected chi connectivity index (χ0v) is 26.0. The fourth-order valence-electron chi connectivity index (χ4n) is 8.80. The molecule has 45 heavy (non-hydrogen) atoms. The van der Waals surface area contributed by atoms with Gasteiger partial charge >= 0.3 is 0 Å². The normalized spacial score (nSPS) is 32.3. The molecule has 0 radical (unpaired) electrons. The van der Waals surface area contributed by atoms with E-state index in [1.54, 1.807) is 9.80 Å². The Balaban J connectivity index is 1.36. The standard InChI is InChI=1S/C37H43N3O5/c1-2-36-20-12-22-38(24-26-14-6-3-7-15-26)33(42)30(36)31-34(43)40(29(25-41)27-16-8-4-9-17-27)32-35(44)39(28-18-10-5-11-19-28)23-13-21-37(31,32)45-36/h3-4,6-9,12-17,20-21,28-32,41H,2,5,10-11,18-19,22-25H2,1H3/t29-,30+,31+,32?,36-,37+/m1/s1. The smallest absolute Gasteiger partial charge is 0.249 e. The number of benzene rings is 2. The molecule has 4 heterocycles. The summed E-state index contributed by atoms with van der Waals surface area (Å²) < 4.78 is 7.17. The van der Waals surface area contributed by atoms with E-state index in [-0.39, 0.29) is 30.4 Å². The highest BCUT2D eigenvalue weighted by atomic mass is 16.5. The molecule has 1 saturated carbocycles. The van der Waals surface area contributed by atoms with E-state index in [0.717, 1.165) is 43.2 Å². The maximum Gasteiger partial charge on any atom is 0.249 e. The number of aliphatic hydroxyl groups is 1. The third-order valence-electron chi connectivity index (χ3n) is 10.9. The summed E-state index contributed by atoms with van der Waals surface area (Å²) in [5.74, 6) is -2.34. The van der Waals surface area contributed by atoms with Crippen molar-refractivity contribution >= 4 is 17.7 Å². The first-order valence-electron chi connectivity index (χ1n) is 16.6. The van der Waals surface area contributed by atoms with Crippen molar-refractivity contribution in [2.24, 2.45) is 11.8 Å². The minimum Gasteiger partial charge on any atom is -0.394 e. The van der Waals surface area contributed by atoms with Crippen molar-refractivity contribution in [3.63, 3.8) is 0 Å². The number of aliphatic hydroxyl groups excluding tert-OH is 1. The quantitative estimate of drug-likeness (QED) is 0.470. The first-order valence-corrected chi connectivity index (χ1v) is 16.6. The fraction of sp³-hybridized carbons (Fsp3) is 0.486. The highest BCUT2D eigenvalue weighted by Crippen LogP contribution is 2.60. The number of carbonyl (C=O) groups is 3. The summed E-state index contributed by atoms with van der Waals surface area (Å²) in [6.45, 7) is 2.89. The molecular formula is C37H43N3O5. The summed E-state index contributed by atoms with van der Waals surface area (Å²) in [7, 11) is 0. The summed E-state index contributed by atoms with van der Waals surface area (Å²) in [5, 5.41) is 10.8. The van der Waals surface area contributed by atoms with Gasteiger partial charge < -0.3 is 24.5 Å². The predicted octanol–water partition coefficient (Wildman–Crippen LogP) is 4.41. The summed E-state index contributed by atoms with van der Waals surface area (Å²) in [5.41, 5.74) is -0.644. The molecule has 8 nitrogen and oxygen atoms in total. The number of hydrogen-bond donors (Lipinski definition) is 1. The van der Waals surface area contributed by atoms with E-state index in [0.29, 0.717) is 26.1 Å². The molecule has 3 fully saturated rings. The molecule has 0 bridgehead atoms. The molecule has 2 aromatic rings. The van der Waals surface area contributed by atoms with Gasteiger partial charge in [-0.1, -0.05) is 111 Å². The Morgan fingerprint density at radius 3 is 2.22 bits per heavy atom. The van der Waals surface area contributed by atoms with Crippen molar-refractivity contribution in [1.29, 1.82) is 0 Å². The van der Waals surface area contributed by atoms with E-state index in [1.807, 2.05) is 96.8 Å². The second-order valence-corrected chi connectivity index (χ2v) is 13.3. The average Bonchev–Trinajstić information content (AvgIpc) is 3.37. The molecule has 1 spiro atoms. The topological polar surface area (TPSA) is 90.4 Å². The van der Waals surface area contributed by atoms with Crippen molar-refractivity contribution in [1.82, 2.24) is 14.7 Å². The molecule has 1 unspecified atom stereocenters. The lowest BCUT2D eigenvalue weighted by atomic mass is 9.73. The first kappa shape index (κ1) is 29.9. The Bertz CT molecular complexity index is 1490. The largest absolute Gasteiger partial charge is 0.394 e. The van der Waals surface area contributed by atoms with Gasteiger partial charge in [0.05, 0.1) is 30.1 Å². The van der Waals surface area contributed by atoms with Crippen LogP contribution in [0.4, 0.5) is 0 Å². The molecule has 2 saturated heterocycles. The molecule has 6 atom stereocenters. The molecule has 1 N–H and O–H groups in total. The second kappa shape index (κ2) is 11.9. The Morgan fingerprint density at radius 1 is 0.844 bits per heavy atom. The van der Waals surface area contributed by atoms with E-state index in [4.69, 9.17) is 4.74 Å². The third kappa shape index (κ3) is 4.76. The van der Waals surface area contributed by atoms with Crippen molar-refractivity contribution in [3.8, 4) is 0 Å². The fourth-order valence-corrected chi connectivity index (χ4v) is 8.80. The molecule has 1 aliphatic carbocycles. The Hall–Kier alpha value is -3.75. The van der Waals surface area contributed by atoms with Crippen LogP contribution >= 0.6 is 0 Å². The van der Waals surface area contributed by atoms with Gasteiger partial charge in [-0.25, -0.2) is 0 Å². The van der Waals surface area contributed by atoms with E-state index < -0.39 is 35.1 Å². The average molecular weight is 610 g/mol. The van der Waals surface area contributed by atoms with Crippen LogP contribution in [0.2, 0.25) is 0 Å². The number of ether oxygens (including phenoxy) is 1. The number of amides is 3. The van der Waals surface area contributed by atoms with E-state index in [9.17, 15) is 14.7 Å². The van der Waals surface area contributed by atoms with Gasteiger partial charge in [-0.05, 0) is 30.4 Å². The van der Waals surface area contributed by atoms with Crippen LogP contribution in [0, 0.1) is 11.8 Å². The number of carbonyl (C=O) groups excluding carboxylic acids is 3. The van der Waals surface area contributed by atoms with Gasteiger partial charge in [0.15, 0.2) is 0 Å². The lowest BCUT2D eigenvalue weighted by molar-refractivity contribution is -0.159. The molecule has 7 rings (SSSR count). The van der Waals surface area contributed by atoms with Crippen LogP contribution in [0.25, 0.3) is 0 Å². The van der Waals surface area contributed by atoms with Crippen molar-refractivity contribution in [2.45, 2.75) is 81.3 Å². The van der Waals surface area contributed by atoms with Gasteiger partial charge in [0, 0.05) is 25.7 Å². The maximum atomic E-state index is 15.0. The van der Waals surface area contributed by atoms with Gasteiger partial charge in [0.25, 0.3) is 0 Å². The van der Waals surface area contributed by atoms with Gasteiger partial charge in [0.2, 0.25) is 17.7 Å². The van der Waals surface area contributed by atoms with Crippen LogP contribution in [0.5, 0.6) is 0 Å². The zero-order chi connectivity index (χ0) is 31.2. The molecule has 236 valence electrons. The second-order valence-electron chi connectivity index (χ2n) is 13.3. The third-order valence-corrected chi connectivity index (χ3v) is 10.9. The highest BCUT2D eigenvalue weighted by molar-refractivity contribution is 6.00. The zero-order valence-electron chi connectivity index (χ0n) is 26.0. The van der Waals surface area contributed by atoms with Crippen LogP contribution in [0.15, 0.2) is 85.0 Å². The SMILES string of the molecule is CC[C@@]12C=CCN(Cc3ccccc3)C(=O)[C@@H]1[C@H]1C(=O)N([C@H](CO)c3ccccc3)C3C(=O)N(C4CCCCC4)CC=C[C@@]31O2. The maximum absolute atomic E-state index is 15.0. The summed E-state index contributed by atoms with van der Waals surface area (Å²) >= 11 is 0. The van der Waals surface area contributed by atoms with Crippen molar-refractivity contribution < 1.29 is 24.2 Å². The molecule has 3 amide bonds. The van der Waals surface area contributed by atoms with Crippen LogP contribution < -0.4 is 0 Å².